The quantitative estimate of drug-likeness (QED) is 0.289. The molecule has 1 aliphatic heterocycles. The monoisotopic (exact) mass is 603 g/mol. The number of rotatable bonds is 8. The summed E-state index contributed by atoms with van der Waals surface area (Å²) in [5.74, 6) is -0.996. The Morgan fingerprint density at radius 3 is 2.41 bits per heavy atom. The van der Waals surface area contributed by atoms with Gasteiger partial charge in [0.15, 0.2) is 0 Å². The number of oxazole rings is 1. The predicted molar refractivity (Wildman–Crippen MR) is 165 cm³/mol. The number of halogens is 2. The molecule has 2 aliphatic rings. The van der Waals surface area contributed by atoms with Gasteiger partial charge in [-0.05, 0) is 62.8 Å². The van der Waals surface area contributed by atoms with Gasteiger partial charge in [0.1, 0.15) is 24.4 Å². The summed E-state index contributed by atoms with van der Waals surface area (Å²) in [6, 6.07) is 9.32. The third-order valence-electron chi connectivity index (χ3n) is 9.15. The van der Waals surface area contributed by atoms with E-state index in [0.29, 0.717) is 17.8 Å². The first-order valence-corrected chi connectivity index (χ1v) is 15.4. The Balaban J connectivity index is 1.41. The van der Waals surface area contributed by atoms with Gasteiger partial charge in [-0.1, -0.05) is 30.7 Å². The molecule has 232 valence electrons. The van der Waals surface area contributed by atoms with Crippen LogP contribution in [0.2, 0.25) is 0 Å². The van der Waals surface area contributed by atoms with Crippen molar-refractivity contribution in [2.45, 2.75) is 71.1 Å². The molecule has 44 heavy (non-hydrogen) atoms. The van der Waals surface area contributed by atoms with Crippen LogP contribution in [0.4, 0.5) is 8.78 Å². The van der Waals surface area contributed by atoms with E-state index < -0.39 is 17.3 Å². The number of benzene rings is 2. The molecule has 0 atom stereocenters. The standard InChI is InChI=1S/C34H39F2N5O3/c1-34(2,3)40-16-14-39(15-17-40)20-27-31(32(42)38-19-23-9-5-11-25(35)29(23)22-7-4-8-22)24-10-6-12-26(36)30(24)33(43)41(27)21-28-37-13-18-44-28/h5-6,9-13,18,22H,4,7-8,14-17,19-21H2,1-3H3,(H,38,42). The Morgan fingerprint density at radius 1 is 1.02 bits per heavy atom. The van der Waals surface area contributed by atoms with E-state index in [4.69, 9.17) is 4.42 Å². The van der Waals surface area contributed by atoms with Gasteiger partial charge in [0, 0.05) is 55.9 Å². The molecule has 8 nitrogen and oxygen atoms in total. The summed E-state index contributed by atoms with van der Waals surface area (Å²) >= 11 is 0. The molecule has 1 amide bonds. The minimum absolute atomic E-state index is 0.0277. The molecule has 1 saturated carbocycles. The van der Waals surface area contributed by atoms with Gasteiger partial charge in [-0.3, -0.25) is 19.4 Å². The molecule has 1 N–H and O–H groups in total. The fraction of sp³-hybridized carbons (Fsp3) is 0.441. The number of piperazine rings is 1. The number of carbonyl (C=O) groups is 1. The highest BCUT2D eigenvalue weighted by atomic mass is 19.1. The maximum atomic E-state index is 15.3. The molecule has 0 unspecified atom stereocenters. The smallest absolute Gasteiger partial charge is 0.262 e. The van der Waals surface area contributed by atoms with Crippen LogP contribution in [0.15, 0.2) is 58.1 Å². The van der Waals surface area contributed by atoms with Crippen molar-refractivity contribution in [2.24, 2.45) is 0 Å². The molecule has 2 aromatic heterocycles. The van der Waals surface area contributed by atoms with Crippen molar-refractivity contribution in [3.05, 3.63) is 99.1 Å². The molecule has 3 heterocycles. The lowest BCUT2D eigenvalue weighted by Crippen LogP contribution is -2.53. The number of pyridine rings is 1. The van der Waals surface area contributed by atoms with Crippen LogP contribution in [0.1, 0.15) is 79.0 Å². The van der Waals surface area contributed by atoms with Gasteiger partial charge in [-0.25, -0.2) is 13.8 Å². The number of nitrogens with zero attached hydrogens (tertiary/aromatic N) is 4. The molecule has 2 aromatic carbocycles. The Morgan fingerprint density at radius 2 is 1.75 bits per heavy atom. The Hall–Kier alpha value is -3.89. The van der Waals surface area contributed by atoms with Crippen molar-refractivity contribution < 1.29 is 18.0 Å². The zero-order valence-electron chi connectivity index (χ0n) is 25.5. The van der Waals surface area contributed by atoms with E-state index in [-0.39, 0.29) is 52.6 Å². The first-order chi connectivity index (χ1) is 21.1. The van der Waals surface area contributed by atoms with E-state index in [9.17, 15) is 14.0 Å². The maximum Gasteiger partial charge on any atom is 0.262 e. The van der Waals surface area contributed by atoms with Crippen LogP contribution >= 0.6 is 0 Å². The third-order valence-corrected chi connectivity index (χ3v) is 9.15. The molecule has 0 radical (unpaired) electrons. The van der Waals surface area contributed by atoms with E-state index in [1.54, 1.807) is 12.1 Å². The molecular weight excluding hydrogens is 564 g/mol. The molecule has 0 spiro atoms. The van der Waals surface area contributed by atoms with Crippen molar-refractivity contribution in [3.63, 3.8) is 0 Å². The van der Waals surface area contributed by atoms with Crippen LogP contribution in [0.25, 0.3) is 10.8 Å². The average Bonchev–Trinajstić information content (AvgIpc) is 3.47. The second-order valence-electron chi connectivity index (χ2n) is 12.9. The van der Waals surface area contributed by atoms with Crippen LogP contribution in [0.5, 0.6) is 0 Å². The summed E-state index contributed by atoms with van der Waals surface area (Å²) in [4.78, 5) is 36.9. The normalized spacial score (nSPS) is 16.8. The summed E-state index contributed by atoms with van der Waals surface area (Å²) < 4.78 is 37.1. The highest BCUT2D eigenvalue weighted by molar-refractivity contribution is 6.08. The second-order valence-corrected chi connectivity index (χ2v) is 12.9. The lowest BCUT2D eigenvalue weighted by molar-refractivity contribution is 0.0578. The molecular formula is C34H39F2N5O3. The van der Waals surface area contributed by atoms with Crippen molar-refractivity contribution in [1.29, 1.82) is 0 Å². The topological polar surface area (TPSA) is 83.6 Å². The Kier molecular flexibility index (Phi) is 8.39. The lowest BCUT2D eigenvalue weighted by atomic mass is 9.78. The first-order valence-electron chi connectivity index (χ1n) is 15.4. The van der Waals surface area contributed by atoms with Gasteiger partial charge in [-0.15, -0.1) is 0 Å². The van der Waals surface area contributed by atoms with Crippen LogP contribution in [0, 0.1) is 11.6 Å². The van der Waals surface area contributed by atoms with Gasteiger partial charge in [0.25, 0.3) is 11.5 Å². The van der Waals surface area contributed by atoms with Crippen LogP contribution in [-0.2, 0) is 19.6 Å². The highest BCUT2D eigenvalue weighted by Gasteiger charge is 2.30. The largest absolute Gasteiger partial charge is 0.447 e. The summed E-state index contributed by atoms with van der Waals surface area (Å²) in [5, 5.41) is 3.09. The molecule has 10 heteroatoms. The van der Waals surface area contributed by atoms with Gasteiger partial charge in [0.2, 0.25) is 5.89 Å². The zero-order chi connectivity index (χ0) is 31.0. The summed E-state index contributed by atoms with van der Waals surface area (Å²) in [7, 11) is 0. The number of aromatic nitrogens is 2. The Bertz CT molecular complexity index is 1720. The van der Waals surface area contributed by atoms with Gasteiger partial charge in [0.05, 0.1) is 17.1 Å². The van der Waals surface area contributed by atoms with Crippen LogP contribution in [0.3, 0.4) is 0 Å². The fourth-order valence-corrected chi connectivity index (χ4v) is 6.49. The number of fused-ring (bicyclic) bond motifs is 1. The van der Waals surface area contributed by atoms with Gasteiger partial charge < -0.3 is 14.3 Å². The molecule has 6 rings (SSSR count). The van der Waals surface area contributed by atoms with Crippen LogP contribution < -0.4 is 10.9 Å². The minimum atomic E-state index is -0.703. The lowest BCUT2D eigenvalue weighted by Gasteiger charge is -2.42. The Labute approximate surface area is 255 Å². The zero-order valence-corrected chi connectivity index (χ0v) is 25.5. The van der Waals surface area contributed by atoms with Crippen molar-refractivity contribution in [3.8, 4) is 0 Å². The number of nitrogens with one attached hydrogen (secondary N) is 1. The first kappa shape index (κ1) is 30.1. The van der Waals surface area contributed by atoms with Crippen molar-refractivity contribution in [2.75, 3.05) is 26.2 Å². The maximum absolute atomic E-state index is 15.3. The molecule has 1 saturated heterocycles. The molecule has 2 fully saturated rings. The summed E-state index contributed by atoms with van der Waals surface area (Å²) in [6.07, 6.45) is 5.80. The molecule has 0 bridgehead atoms. The third kappa shape index (κ3) is 5.93. The van der Waals surface area contributed by atoms with E-state index in [1.165, 1.54) is 35.2 Å². The minimum Gasteiger partial charge on any atom is -0.447 e. The van der Waals surface area contributed by atoms with Gasteiger partial charge >= 0.3 is 0 Å². The number of hydrogen-bond donors (Lipinski definition) is 1. The number of amides is 1. The van der Waals surface area contributed by atoms with E-state index >= 15 is 4.39 Å². The van der Waals surface area contributed by atoms with Crippen LogP contribution in [-0.4, -0.2) is 57.0 Å². The summed E-state index contributed by atoms with van der Waals surface area (Å²) in [6.45, 7) is 10.1. The predicted octanol–water partition coefficient (Wildman–Crippen LogP) is 5.43. The number of carbonyl (C=O) groups excluding carboxylic acids is 1. The van der Waals surface area contributed by atoms with Gasteiger partial charge in [-0.2, -0.15) is 0 Å². The second kappa shape index (κ2) is 12.2. The van der Waals surface area contributed by atoms with Crippen molar-refractivity contribution in [1.82, 2.24) is 24.7 Å². The number of hydrogen-bond acceptors (Lipinski definition) is 6. The molecule has 4 aromatic rings. The average molecular weight is 604 g/mol. The molecule has 1 aliphatic carbocycles. The highest BCUT2D eigenvalue weighted by Crippen LogP contribution is 2.39. The van der Waals surface area contributed by atoms with Crippen molar-refractivity contribution >= 4 is 16.7 Å². The van der Waals surface area contributed by atoms with E-state index in [0.717, 1.165) is 51.0 Å². The van der Waals surface area contributed by atoms with E-state index in [2.05, 4.69) is 40.9 Å². The SMILES string of the molecule is CC(C)(C)N1CCN(Cc2c(C(=O)NCc3cccc(F)c3C3CCC3)c3cccc(F)c3c(=O)n2Cc2ncco2)CC1. The summed E-state index contributed by atoms with van der Waals surface area (Å²) in [5.41, 5.74) is 1.55. The van der Waals surface area contributed by atoms with E-state index in [1.807, 2.05) is 6.07 Å². The fourth-order valence-electron chi connectivity index (χ4n) is 6.49.